The molecule has 0 radical (unpaired) electrons. The molecular formula is C21H27BN2O3. The van der Waals surface area contributed by atoms with Crippen LogP contribution in [0, 0.1) is 0 Å². The minimum Gasteiger partial charge on any atom is -0.399 e. The topological polar surface area (TPSA) is 50.8 Å². The molecule has 0 aromatic heterocycles. The third-order valence-electron chi connectivity index (χ3n) is 5.32. The largest absolute Gasteiger partial charge is 0.494 e. The Hall–Kier alpha value is -2.31. The first-order valence-corrected chi connectivity index (χ1v) is 9.13. The summed E-state index contributed by atoms with van der Waals surface area (Å²) in [6, 6.07) is 15.1. The van der Waals surface area contributed by atoms with Crippen molar-refractivity contribution in [3.05, 3.63) is 54.1 Å². The molecule has 0 atom stereocenters. The smallest absolute Gasteiger partial charge is 0.399 e. The lowest BCUT2D eigenvalue weighted by Gasteiger charge is -2.32. The summed E-state index contributed by atoms with van der Waals surface area (Å²) in [5.41, 5.74) is 2.52. The molecule has 3 rings (SSSR count). The Morgan fingerprint density at radius 1 is 0.963 bits per heavy atom. The number of nitrogens with one attached hydrogen (secondary N) is 1. The van der Waals surface area contributed by atoms with Crippen molar-refractivity contribution < 1.29 is 14.1 Å². The summed E-state index contributed by atoms with van der Waals surface area (Å²) in [6.45, 7) is 8.12. The van der Waals surface area contributed by atoms with Gasteiger partial charge in [0.25, 0.3) is 5.91 Å². The molecule has 0 spiro atoms. The van der Waals surface area contributed by atoms with Crippen LogP contribution in [-0.4, -0.2) is 38.3 Å². The molecule has 1 aliphatic rings. The Balaban J connectivity index is 1.70. The number of carbonyl (C=O) groups excluding carboxylic acids is 1. The van der Waals surface area contributed by atoms with Crippen LogP contribution in [0.3, 0.4) is 0 Å². The van der Waals surface area contributed by atoms with Crippen molar-refractivity contribution >= 4 is 29.9 Å². The Bertz CT molecular complexity index is 816. The molecule has 1 N–H and O–H groups in total. The zero-order valence-corrected chi connectivity index (χ0v) is 16.9. The summed E-state index contributed by atoms with van der Waals surface area (Å²) >= 11 is 0. The zero-order chi connectivity index (χ0) is 19.8. The second-order valence-corrected chi connectivity index (χ2v) is 8.11. The first-order chi connectivity index (χ1) is 12.6. The number of rotatable bonds is 4. The molecule has 5 nitrogen and oxygen atoms in total. The van der Waals surface area contributed by atoms with Gasteiger partial charge in [0.2, 0.25) is 0 Å². The number of hydrogen-bond acceptors (Lipinski definition) is 4. The van der Waals surface area contributed by atoms with Crippen LogP contribution in [-0.2, 0) is 9.31 Å². The quantitative estimate of drug-likeness (QED) is 0.844. The monoisotopic (exact) mass is 366 g/mol. The third kappa shape index (κ3) is 4.02. The highest BCUT2D eigenvalue weighted by Gasteiger charge is 2.51. The number of amides is 1. The van der Waals surface area contributed by atoms with E-state index in [9.17, 15) is 4.79 Å². The summed E-state index contributed by atoms with van der Waals surface area (Å²) in [5.74, 6) is -0.137. The van der Waals surface area contributed by atoms with Crippen molar-refractivity contribution in [3.8, 4) is 0 Å². The van der Waals surface area contributed by atoms with Gasteiger partial charge in [0.1, 0.15) is 0 Å². The fraction of sp³-hybridized carbons (Fsp3) is 0.381. The molecule has 0 bridgehead atoms. The van der Waals surface area contributed by atoms with Gasteiger partial charge in [-0.05, 0) is 63.5 Å². The first-order valence-electron chi connectivity index (χ1n) is 9.13. The van der Waals surface area contributed by atoms with E-state index in [-0.39, 0.29) is 17.1 Å². The van der Waals surface area contributed by atoms with E-state index in [1.54, 1.807) is 6.07 Å². The number of nitrogens with zero attached hydrogens (tertiary/aromatic N) is 1. The molecule has 2 aromatic carbocycles. The lowest BCUT2D eigenvalue weighted by molar-refractivity contribution is 0.00578. The molecule has 2 aromatic rings. The number of hydrogen-bond donors (Lipinski definition) is 1. The molecule has 1 aliphatic heterocycles. The molecular weight excluding hydrogens is 339 g/mol. The maximum absolute atomic E-state index is 12.5. The summed E-state index contributed by atoms with van der Waals surface area (Å²) in [6.07, 6.45) is 0. The molecule has 142 valence electrons. The van der Waals surface area contributed by atoms with Gasteiger partial charge in [0, 0.05) is 31.0 Å². The Kier molecular flexibility index (Phi) is 5.06. The van der Waals surface area contributed by atoms with Gasteiger partial charge in [-0.25, -0.2) is 0 Å². The molecule has 0 aliphatic carbocycles. The van der Waals surface area contributed by atoms with Crippen molar-refractivity contribution in [1.29, 1.82) is 0 Å². The summed E-state index contributed by atoms with van der Waals surface area (Å²) in [5, 5.41) is 2.94. The van der Waals surface area contributed by atoms with Crippen LogP contribution >= 0.6 is 0 Å². The molecule has 0 unspecified atom stereocenters. The average Bonchev–Trinajstić information content (AvgIpc) is 2.83. The van der Waals surface area contributed by atoms with Crippen molar-refractivity contribution in [2.75, 3.05) is 24.3 Å². The van der Waals surface area contributed by atoms with Gasteiger partial charge in [-0.2, -0.15) is 0 Å². The Morgan fingerprint density at radius 3 is 2.11 bits per heavy atom. The first kappa shape index (κ1) is 19.5. The highest BCUT2D eigenvalue weighted by atomic mass is 16.7. The number of carbonyl (C=O) groups is 1. The van der Waals surface area contributed by atoms with E-state index in [4.69, 9.17) is 9.31 Å². The minimum absolute atomic E-state index is 0.137. The van der Waals surface area contributed by atoms with Crippen LogP contribution in [0.4, 0.5) is 11.4 Å². The molecule has 1 fully saturated rings. The predicted molar refractivity (Wildman–Crippen MR) is 111 cm³/mol. The summed E-state index contributed by atoms with van der Waals surface area (Å²) in [4.78, 5) is 14.5. The highest BCUT2D eigenvalue weighted by molar-refractivity contribution is 6.62. The van der Waals surface area contributed by atoms with Crippen molar-refractivity contribution in [2.45, 2.75) is 38.9 Å². The zero-order valence-electron chi connectivity index (χ0n) is 16.9. The van der Waals surface area contributed by atoms with Crippen LogP contribution in [0.5, 0.6) is 0 Å². The van der Waals surface area contributed by atoms with Crippen LogP contribution in [0.1, 0.15) is 38.1 Å². The maximum atomic E-state index is 12.5. The van der Waals surface area contributed by atoms with Gasteiger partial charge in [-0.3, -0.25) is 4.79 Å². The highest BCUT2D eigenvalue weighted by Crippen LogP contribution is 2.36. The second kappa shape index (κ2) is 7.02. The predicted octanol–water partition coefficient (Wildman–Crippen LogP) is 3.30. The lowest BCUT2D eigenvalue weighted by atomic mass is 9.79. The molecule has 6 heteroatoms. The fourth-order valence-electron chi connectivity index (χ4n) is 2.83. The van der Waals surface area contributed by atoms with Gasteiger partial charge in [-0.1, -0.05) is 18.2 Å². The average molecular weight is 366 g/mol. The van der Waals surface area contributed by atoms with Gasteiger partial charge in [-0.15, -0.1) is 0 Å². The number of benzene rings is 2. The van der Waals surface area contributed by atoms with Gasteiger partial charge >= 0.3 is 7.12 Å². The van der Waals surface area contributed by atoms with Gasteiger partial charge in [0.05, 0.1) is 11.2 Å². The second-order valence-electron chi connectivity index (χ2n) is 8.11. The van der Waals surface area contributed by atoms with Crippen molar-refractivity contribution in [1.82, 2.24) is 0 Å². The lowest BCUT2D eigenvalue weighted by Crippen LogP contribution is -2.41. The molecule has 27 heavy (non-hydrogen) atoms. The molecule has 1 saturated heterocycles. The van der Waals surface area contributed by atoms with E-state index in [1.165, 1.54) is 0 Å². The van der Waals surface area contributed by atoms with Gasteiger partial charge < -0.3 is 19.5 Å². The standard InChI is InChI=1S/C21H27BN2O3/c1-20(2)21(3,4)27-22(26-20)16-10-12-17(13-11-16)23-19(25)15-8-7-9-18(14-15)24(5)6/h7-14H,1-6H3,(H,23,25). The van der Waals surface area contributed by atoms with E-state index >= 15 is 0 Å². The van der Waals surface area contributed by atoms with Crippen LogP contribution in [0.15, 0.2) is 48.5 Å². The Morgan fingerprint density at radius 2 is 1.56 bits per heavy atom. The van der Waals surface area contributed by atoms with Crippen LogP contribution in [0.25, 0.3) is 0 Å². The summed E-state index contributed by atoms with van der Waals surface area (Å²) < 4.78 is 12.1. The van der Waals surface area contributed by atoms with Crippen molar-refractivity contribution in [3.63, 3.8) is 0 Å². The SMILES string of the molecule is CN(C)c1cccc(C(=O)Nc2ccc(B3OC(C)(C)C(C)(C)O3)cc2)c1. The number of anilines is 2. The molecule has 0 saturated carbocycles. The van der Waals surface area contributed by atoms with E-state index < -0.39 is 7.12 Å². The van der Waals surface area contributed by atoms with Crippen molar-refractivity contribution in [2.24, 2.45) is 0 Å². The van der Waals surface area contributed by atoms with Crippen LogP contribution in [0.2, 0.25) is 0 Å². The molecule has 1 heterocycles. The van der Waals surface area contributed by atoms with E-state index in [2.05, 4.69) is 5.32 Å². The maximum Gasteiger partial charge on any atom is 0.494 e. The van der Waals surface area contributed by atoms with E-state index in [0.29, 0.717) is 5.56 Å². The minimum atomic E-state index is -0.406. The third-order valence-corrected chi connectivity index (χ3v) is 5.32. The Labute approximate surface area is 161 Å². The van der Waals surface area contributed by atoms with Crippen LogP contribution < -0.4 is 15.7 Å². The van der Waals surface area contributed by atoms with E-state index in [1.807, 2.05) is 89.2 Å². The van der Waals surface area contributed by atoms with Gasteiger partial charge in [0.15, 0.2) is 0 Å². The van der Waals surface area contributed by atoms with E-state index in [0.717, 1.165) is 16.8 Å². The molecule has 1 amide bonds. The normalized spacial score (nSPS) is 17.6. The fourth-order valence-corrected chi connectivity index (χ4v) is 2.83. The summed E-state index contributed by atoms with van der Waals surface area (Å²) in [7, 11) is 3.49.